The second kappa shape index (κ2) is 12.1. The molecule has 0 unspecified atom stereocenters. The SMILES string of the molecule is COc1cc(=O)cc[nH]1.C\C=C/C(=C\C(=C\CC)C(F)(F)F)c1cc2n(n1)CCCCC2. The number of H-pyrrole nitrogens is 1. The number of nitrogens with one attached hydrogen (secondary N) is 1. The molecule has 0 amide bonds. The van der Waals surface area contributed by atoms with Crippen LogP contribution in [0.1, 0.15) is 50.9 Å². The molecular weight excluding hydrogens is 419 g/mol. The summed E-state index contributed by atoms with van der Waals surface area (Å²) in [6, 6.07) is 4.75. The predicted octanol–water partition coefficient (Wildman–Crippen LogP) is 5.85. The number of methoxy groups -OCH3 is 1. The summed E-state index contributed by atoms with van der Waals surface area (Å²) in [4.78, 5) is 13.3. The van der Waals surface area contributed by atoms with E-state index in [2.05, 4.69) is 10.1 Å². The molecule has 1 aliphatic heterocycles. The van der Waals surface area contributed by atoms with Crippen molar-refractivity contribution >= 4 is 5.57 Å². The van der Waals surface area contributed by atoms with Crippen LogP contribution in [0.4, 0.5) is 13.2 Å². The molecule has 1 aliphatic rings. The van der Waals surface area contributed by atoms with Gasteiger partial charge in [0.05, 0.1) is 18.4 Å². The highest BCUT2D eigenvalue weighted by Gasteiger charge is 2.32. The molecule has 2 aromatic rings. The molecule has 3 rings (SSSR count). The normalized spacial score (nSPS) is 15.1. The Labute approximate surface area is 186 Å². The van der Waals surface area contributed by atoms with E-state index in [4.69, 9.17) is 4.74 Å². The highest BCUT2D eigenvalue weighted by molar-refractivity contribution is 5.74. The summed E-state index contributed by atoms with van der Waals surface area (Å²) in [5.41, 5.74) is 1.57. The average molecular weight is 450 g/mol. The largest absolute Gasteiger partial charge is 0.482 e. The molecule has 0 spiro atoms. The second-order valence-corrected chi connectivity index (χ2v) is 7.31. The number of hydrogen-bond acceptors (Lipinski definition) is 3. The van der Waals surface area contributed by atoms with Gasteiger partial charge in [-0.2, -0.15) is 18.3 Å². The van der Waals surface area contributed by atoms with Crippen LogP contribution in [0.5, 0.6) is 5.88 Å². The van der Waals surface area contributed by atoms with Crippen LogP contribution in [-0.4, -0.2) is 28.1 Å². The Morgan fingerprint density at radius 2 is 2.06 bits per heavy atom. The highest BCUT2D eigenvalue weighted by Crippen LogP contribution is 2.30. The van der Waals surface area contributed by atoms with E-state index in [0.29, 0.717) is 23.6 Å². The van der Waals surface area contributed by atoms with Gasteiger partial charge in [0.25, 0.3) is 0 Å². The van der Waals surface area contributed by atoms with E-state index in [0.717, 1.165) is 31.5 Å². The molecule has 2 aromatic heterocycles. The van der Waals surface area contributed by atoms with Gasteiger partial charge in [-0.05, 0) is 44.7 Å². The number of alkyl halides is 3. The Bertz CT molecular complexity index is 990. The van der Waals surface area contributed by atoms with Crippen LogP contribution in [0.2, 0.25) is 0 Å². The van der Waals surface area contributed by atoms with Gasteiger partial charge in [-0.15, -0.1) is 0 Å². The second-order valence-electron chi connectivity index (χ2n) is 7.31. The summed E-state index contributed by atoms with van der Waals surface area (Å²) in [6.45, 7) is 4.34. The lowest BCUT2D eigenvalue weighted by molar-refractivity contribution is -0.0883. The zero-order valence-electron chi connectivity index (χ0n) is 18.7. The number of aryl methyl sites for hydroxylation is 2. The van der Waals surface area contributed by atoms with Gasteiger partial charge in [0.15, 0.2) is 11.3 Å². The van der Waals surface area contributed by atoms with Crippen molar-refractivity contribution in [1.82, 2.24) is 14.8 Å². The molecule has 174 valence electrons. The molecule has 0 atom stereocenters. The summed E-state index contributed by atoms with van der Waals surface area (Å²) in [7, 11) is 1.51. The van der Waals surface area contributed by atoms with Crippen LogP contribution < -0.4 is 10.2 Å². The first-order valence-electron chi connectivity index (χ1n) is 10.7. The number of hydrogen-bond donors (Lipinski definition) is 1. The lowest BCUT2D eigenvalue weighted by Gasteiger charge is -2.09. The zero-order valence-corrected chi connectivity index (χ0v) is 18.7. The number of nitrogens with zero attached hydrogens (tertiary/aromatic N) is 2. The van der Waals surface area contributed by atoms with Gasteiger partial charge < -0.3 is 9.72 Å². The minimum Gasteiger partial charge on any atom is -0.482 e. The number of aromatic nitrogens is 3. The molecule has 0 fully saturated rings. The first kappa shape index (κ1) is 25.2. The maximum atomic E-state index is 13.1. The topological polar surface area (TPSA) is 59.9 Å². The predicted molar refractivity (Wildman–Crippen MR) is 121 cm³/mol. The number of halogens is 3. The van der Waals surface area contributed by atoms with Crippen LogP contribution in [-0.2, 0) is 13.0 Å². The van der Waals surface area contributed by atoms with Gasteiger partial charge in [0, 0.05) is 36.1 Å². The molecule has 32 heavy (non-hydrogen) atoms. The summed E-state index contributed by atoms with van der Waals surface area (Å²) < 4.78 is 46.1. The Hall–Kier alpha value is -3.03. The third-order valence-electron chi connectivity index (χ3n) is 4.84. The van der Waals surface area contributed by atoms with E-state index in [9.17, 15) is 18.0 Å². The number of allylic oxidation sites excluding steroid dienone is 6. The van der Waals surface area contributed by atoms with Crippen molar-refractivity contribution in [2.75, 3.05) is 7.11 Å². The van der Waals surface area contributed by atoms with Crippen molar-refractivity contribution in [2.45, 2.75) is 58.7 Å². The molecule has 3 heterocycles. The van der Waals surface area contributed by atoms with E-state index < -0.39 is 11.7 Å². The van der Waals surface area contributed by atoms with E-state index >= 15 is 0 Å². The minimum absolute atomic E-state index is 0.0504. The van der Waals surface area contributed by atoms with E-state index in [1.807, 2.05) is 10.7 Å². The number of rotatable bonds is 5. The third kappa shape index (κ3) is 7.59. The lowest BCUT2D eigenvalue weighted by atomic mass is 10.1. The van der Waals surface area contributed by atoms with E-state index in [1.54, 1.807) is 32.2 Å². The fraction of sp³-hybridized carbons (Fsp3) is 0.417. The van der Waals surface area contributed by atoms with Crippen molar-refractivity contribution in [2.24, 2.45) is 0 Å². The van der Waals surface area contributed by atoms with Gasteiger partial charge in [-0.3, -0.25) is 9.48 Å². The first-order chi connectivity index (χ1) is 15.3. The maximum Gasteiger partial charge on any atom is 0.416 e. The molecule has 5 nitrogen and oxygen atoms in total. The molecule has 0 bridgehead atoms. The molecule has 0 aromatic carbocycles. The molecule has 8 heteroatoms. The first-order valence-corrected chi connectivity index (χ1v) is 10.7. The number of pyridine rings is 1. The molecule has 0 aliphatic carbocycles. The van der Waals surface area contributed by atoms with Crippen molar-refractivity contribution in [3.8, 4) is 5.88 Å². The van der Waals surface area contributed by atoms with Gasteiger partial charge >= 0.3 is 6.18 Å². The Balaban J connectivity index is 0.000000336. The number of aromatic amines is 1. The Morgan fingerprint density at radius 3 is 2.66 bits per heavy atom. The van der Waals surface area contributed by atoms with Gasteiger partial charge in [-0.1, -0.05) is 31.6 Å². The minimum atomic E-state index is -4.35. The highest BCUT2D eigenvalue weighted by atomic mass is 19.4. The number of ether oxygens (including phenoxy) is 1. The molecule has 0 saturated carbocycles. The quantitative estimate of drug-likeness (QED) is 0.583. The van der Waals surface area contributed by atoms with Gasteiger partial charge in [0.2, 0.25) is 0 Å². The van der Waals surface area contributed by atoms with Gasteiger partial charge in [-0.25, -0.2) is 0 Å². The summed E-state index contributed by atoms with van der Waals surface area (Å²) in [5, 5.41) is 4.53. The van der Waals surface area contributed by atoms with Crippen LogP contribution in [0, 0.1) is 0 Å². The molecule has 0 radical (unpaired) electrons. The van der Waals surface area contributed by atoms with Crippen LogP contribution in [0.15, 0.2) is 59.1 Å². The fourth-order valence-corrected chi connectivity index (χ4v) is 3.31. The van der Waals surface area contributed by atoms with Crippen LogP contribution in [0.25, 0.3) is 5.57 Å². The van der Waals surface area contributed by atoms with Gasteiger partial charge in [0.1, 0.15) is 0 Å². The number of fused-ring (bicyclic) bond motifs is 1. The van der Waals surface area contributed by atoms with Crippen molar-refractivity contribution in [3.05, 3.63) is 75.9 Å². The Kier molecular flexibility index (Phi) is 9.56. The van der Waals surface area contributed by atoms with Crippen LogP contribution in [0.3, 0.4) is 0 Å². The van der Waals surface area contributed by atoms with Crippen molar-refractivity contribution in [3.63, 3.8) is 0 Å². The summed E-state index contributed by atoms with van der Waals surface area (Å²) in [5.74, 6) is 0.488. The Morgan fingerprint density at radius 1 is 1.28 bits per heavy atom. The fourth-order valence-electron chi connectivity index (χ4n) is 3.31. The van der Waals surface area contributed by atoms with Crippen molar-refractivity contribution < 1.29 is 17.9 Å². The van der Waals surface area contributed by atoms with Crippen LogP contribution >= 0.6 is 0 Å². The lowest BCUT2D eigenvalue weighted by Crippen LogP contribution is -2.10. The van der Waals surface area contributed by atoms with E-state index in [1.165, 1.54) is 37.8 Å². The average Bonchev–Trinajstić information content (AvgIpc) is 3.03. The monoisotopic (exact) mass is 449 g/mol. The zero-order chi connectivity index (χ0) is 23.6. The molecule has 1 N–H and O–H groups in total. The standard InChI is InChI=1S/C18H23F3N2.C6H7NO2/c1-3-8-14(12-15(9-4-2)18(19,20)21)17-13-16-10-6-5-7-11-23(16)22-17;1-9-6-4-5(8)2-3-7-6/h3,8-9,12-13H,4-7,10-11H2,1-2H3;2-4H,1H3,(H,7,8)/b8-3-,14-12+,15-9-;. The summed E-state index contributed by atoms with van der Waals surface area (Å²) >= 11 is 0. The molecule has 0 saturated heterocycles. The van der Waals surface area contributed by atoms with Crippen molar-refractivity contribution in [1.29, 1.82) is 0 Å². The smallest absolute Gasteiger partial charge is 0.416 e. The maximum absolute atomic E-state index is 13.1. The molecular formula is C24H30F3N3O2. The van der Waals surface area contributed by atoms with E-state index in [-0.39, 0.29) is 5.43 Å². The third-order valence-corrected chi connectivity index (χ3v) is 4.84. The summed E-state index contributed by atoms with van der Waals surface area (Å²) in [6.07, 6.45) is 7.68.